The van der Waals surface area contributed by atoms with Gasteiger partial charge in [0, 0.05) is 6.08 Å². The van der Waals surface area contributed by atoms with E-state index in [-0.39, 0.29) is 11.4 Å². The van der Waals surface area contributed by atoms with Gasteiger partial charge in [-0.3, -0.25) is 10.2 Å². The molecule has 2 aliphatic heterocycles. The Labute approximate surface area is 189 Å². The Balaban J connectivity index is 1.37. The highest BCUT2D eigenvalue weighted by molar-refractivity contribution is 6.33. The topological polar surface area (TPSA) is 93.4 Å². The predicted octanol–water partition coefficient (Wildman–Crippen LogP) is 4.26. The third kappa shape index (κ3) is 4.60. The molecule has 0 atom stereocenters. The van der Waals surface area contributed by atoms with Gasteiger partial charge in [-0.1, -0.05) is 17.7 Å². The Morgan fingerprint density at radius 3 is 2.56 bits per heavy atom. The molecular formula is C23H20ClN3O5. The number of hydrogen-bond acceptors (Lipinski definition) is 6. The molecule has 8 nitrogen and oxygen atoms in total. The fraction of sp³-hybridized carbons (Fsp3) is 0.174. The molecule has 1 amide bonds. The average Bonchev–Trinajstić information content (AvgIpc) is 3.16. The number of ether oxygens (including phenoxy) is 3. The van der Waals surface area contributed by atoms with Crippen LogP contribution in [0.25, 0.3) is 6.08 Å². The van der Waals surface area contributed by atoms with Crippen LogP contribution in [0.15, 0.2) is 64.9 Å². The molecule has 0 spiro atoms. The van der Waals surface area contributed by atoms with Crippen molar-refractivity contribution in [1.82, 2.24) is 5.06 Å². The number of methoxy groups -OCH3 is 1. The summed E-state index contributed by atoms with van der Waals surface area (Å²) in [6.07, 6.45) is 3.15. The minimum absolute atomic E-state index is 0.0831. The number of fused-ring (bicyclic) bond motifs is 1. The monoisotopic (exact) mass is 453 g/mol. The number of allylic oxidation sites excluding steroid dienone is 1. The van der Waals surface area contributed by atoms with Crippen molar-refractivity contribution in [3.05, 3.63) is 70.5 Å². The maximum Gasteiger partial charge on any atom is 0.282 e. The van der Waals surface area contributed by atoms with E-state index in [0.29, 0.717) is 46.9 Å². The van der Waals surface area contributed by atoms with Gasteiger partial charge in [0.1, 0.15) is 36.2 Å². The Hall–Kier alpha value is -3.78. The zero-order valence-corrected chi connectivity index (χ0v) is 18.2. The van der Waals surface area contributed by atoms with Gasteiger partial charge >= 0.3 is 0 Å². The van der Waals surface area contributed by atoms with E-state index in [0.717, 1.165) is 5.75 Å². The predicted molar refractivity (Wildman–Crippen MR) is 120 cm³/mol. The first-order valence-corrected chi connectivity index (χ1v) is 10.1. The van der Waals surface area contributed by atoms with Crippen molar-refractivity contribution in [3.8, 4) is 17.2 Å². The number of hydroxylamine groups is 2. The molecule has 0 radical (unpaired) electrons. The molecule has 2 aromatic rings. The van der Waals surface area contributed by atoms with Gasteiger partial charge in [0.2, 0.25) is 0 Å². The zero-order valence-electron chi connectivity index (χ0n) is 17.4. The van der Waals surface area contributed by atoms with E-state index in [2.05, 4.69) is 4.99 Å². The van der Waals surface area contributed by atoms with Crippen LogP contribution in [0.4, 0.5) is 0 Å². The number of halogens is 1. The van der Waals surface area contributed by atoms with Gasteiger partial charge in [-0.2, -0.15) is 4.99 Å². The van der Waals surface area contributed by atoms with Crippen molar-refractivity contribution < 1.29 is 23.8 Å². The molecule has 164 valence electrons. The maximum atomic E-state index is 12.4. The first-order valence-electron chi connectivity index (χ1n) is 9.74. The van der Waals surface area contributed by atoms with Crippen LogP contribution in [0.5, 0.6) is 17.2 Å². The van der Waals surface area contributed by atoms with Crippen LogP contribution in [-0.2, 0) is 9.63 Å². The van der Waals surface area contributed by atoms with Crippen molar-refractivity contribution in [1.29, 1.82) is 5.41 Å². The van der Waals surface area contributed by atoms with Crippen LogP contribution in [0.1, 0.15) is 12.5 Å². The fourth-order valence-corrected chi connectivity index (χ4v) is 3.32. The van der Waals surface area contributed by atoms with Crippen LogP contribution >= 0.6 is 11.6 Å². The molecule has 0 saturated heterocycles. The van der Waals surface area contributed by atoms with Gasteiger partial charge in [-0.25, -0.2) is 0 Å². The number of benzene rings is 2. The smallest absolute Gasteiger partial charge is 0.282 e. The third-order valence-corrected chi connectivity index (χ3v) is 4.91. The molecule has 9 heteroatoms. The highest BCUT2D eigenvalue weighted by Gasteiger charge is 2.34. The summed E-state index contributed by atoms with van der Waals surface area (Å²) in [6, 6.07) is 12.4. The lowest BCUT2D eigenvalue weighted by molar-refractivity contribution is -0.114. The average molecular weight is 454 g/mol. The summed E-state index contributed by atoms with van der Waals surface area (Å²) in [5.41, 5.74) is 0.738. The highest BCUT2D eigenvalue weighted by Crippen LogP contribution is 2.28. The van der Waals surface area contributed by atoms with Crippen molar-refractivity contribution in [2.45, 2.75) is 6.92 Å². The van der Waals surface area contributed by atoms with Crippen LogP contribution in [0, 0.1) is 5.41 Å². The Morgan fingerprint density at radius 2 is 1.84 bits per heavy atom. The lowest BCUT2D eigenvalue weighted by atomic mass is 10.1. The molecule has 0 unspecified atom stereocenters. The standard InChI is InChI=1S/C23H20ClN3O5/c1-14-11-21-26-23(28)18(22(25)27(21)32-14)12-15-3-8-20(19(24)13-15)31-10-9-30-17-6-4-16(29-2)5-7-17/h3-8,11-13,25H,9-10H2,1-2H3/b18-12-,25-22?. The van der Waals surface area contributed by atoms with Gasteiger partial charge in [0.15, 0.2) is 11.7 Å². The first kappa shape index (κ1) is 21.5. The molecule has 2 aromatic carbocycles. The minimum Gasteiger partial charge on any atom is -0.497 e. The second-order valence-corrected chi connectivity index (χ2v) is 7.29. The number of aliphatic imine (C=N–C) groups is 1. The molecule has 0 aromatic heterocycles. The van der Waals surface area contributed by atoms with Gasteiger partial charge < -0.3 is 19.0 Å². The molecule has 2 aliphatic rings. The lowest BCUT2D eigenvalue weighted by Crippen LogP contribution is -2.38. The van der Waals surface area contributed by atoms with E-state index in [1.165, 1.54) is 5.06 Å². The molecule has 0 bridgehead atoms. The molecule has 0 fully saturated rings. The van der Waals surface area contributed by atoms with Crippen LogP contribution in [-0.4, -0.2) is 43.0 Å². The molecule has 32 heavy (non-hydrogen) atoms. The number of carbonyl (C=O) groups excluding carboxylic acids is 1. The van der Waals surface area contributed by atoms with Crippen molar-refractivity contribution in [2.24, 2.45) is 4.99 Å². The summed E-state index contributed by atoms with van der Waals surface area (Å²) in [4.78, 5) is 21.7. The van der Waals surface area contributed by atoms with Crippen molar-refractivity contribution >= 4 is 35.3 Å². The normalized spacial score (nSPS) is 16.3. The van der Waals surface area contributed by atoms with E-state index in [1.54, 1.807) is 44.4 Å². The second kappa shape index (κ2) is 9.15. The Bertz CT molecular complexity index is 1150. The zero-order chi connectivity index (χ0) is 22.7. The number of amidine groups is 2. The molecule has 0 saturated carbocycles. The summed E-state index contributed by atoms with van der Waals surface area (Å²) in [6.45, 7) is 2.36. The lowest BCUT2D eigenvalue weighted by Gasteiger charge is -2.23. The largest absolute Gasteiger partial charge is 0.497 e. The third-order valence-electron chi connectivity index (χ3n) is 4.62. The van der Waals surface area contributed by atoms with Crippen LogP contribution in [0.2, 0.25) is 5.02 Å². The van der Waals surface area contributed by atoms with Gasteiger partial charge in [-0.05, 0) is 55.0 Å². The summed E-state index contributed by atoms with van der Waals surface area (Å²) >= 11 is 6.34. The molecule has 2 heterocycles. The number of nitrogens with zero attached hydrogens (tertiary/aromatic N) is 2. The van der Waals surface area contributed by atoms with Crippen molar-refractivity contribution in [2.75, 3.05) is 20.3 Å². The first-order chi connectivity index (χ1) is 15.4. The molecule has 1 N–H and O–H groups in total. The number of carbonyl (C=O) groups is 1. The van der Waals surface area contributed by atoms with E-state index < -0.39 is 5.91 Å². The molecule has 4 rings (SSSR count). The van der Waals surface area contributed by atoms with E-state index in [1.807, 2.05) is 24.3 Å². The number of nitrogens with one attached hydrogen (secondary N) is 1. The van der Waals surface area contributed by atoms with Gasteiger partial charge in [0.25, 0.3) is 5.91 Å². The molecule has 0 aliphatic carbocycles. The number of rotatable bonds is 7. The van der Waals surface area contributed by atoms with E-state index in [4.69, 9.17) is 36.1 Å². The Morgan fingerprint density at radius 1 is 1.12 bits per heavy atom. The van der Waals surface area contributed by atoms with Gasteiger partial charge in [-0.15, -0.1) is 5.06 Å². The summed E-state index contributed by atoms with van der Waals surface area (Å²) in [7, 11) is 1.61. The maximum absolute atomic E-state index is 12.4. The van der Waals surface area contributed by atoms with Crippen molar-refractivity contribution in [3.63, 3.8) is 0 Å². The fourth-order valence-electron chi connectivity index (χ4n) is 3.07. The van der Waals surface area contributed by atoms with E-state index >= 15 is 0 Å². The summed E-state index contributed by atoms with van der Waals surface area (Å²) in [5, 5.41) is 9.85. The van der Waals surface area contributed by atoms with E-state index in [9.17, 15) is 4.79 Å². The summed E-state index contributed by atoms with van der Waals surface area (Å²) in [5.74, 6) is 2.22. The van der Waals surface area contributed by atoms with Gasteiger partial charge in [0.05, 0.1) is 17.7 Å². The number of hydrogen-bond donors (Lipinski definition) is 1. The van der Waals surface area contributed by atoms with Crippen LogP contribution in [0.3, 0.4) is 0 Å². The SMILES string of the molecule is COc1ccc(OCCOc2ccc(/C=C3/C(=N)N4OC(C)=CC4=NC3=O)cc2Cl)cc1. The van der Waals surface area contributed by atoms with Crippen LogP contribution < -0.4 is 14.2 Å². The second-order valence-electron chi connectivity index (χ2n) is 6.88. The quantitative estimate of drug-likeness (QED) is 0.497. The molecular weight excluding hydrogens is 434 g/mol. The number of amides is 1. The summed E-state index contributed by atoms with van der Waals surface area (Å²) < 4.78 is 16.4. The minimum atomic E-state index is -0.511. The Kier molecular flexibility index (Phi) is 6.13. The highest BCUT2D eigenvalue weighted by atomic mass is 35.5.